The van der Waals surface area contributed by atoms with Gasteiger partial charge < -0.3 is 4.42 Å². The van der Waals surface area contributed by atoms with Crippen molar-refractivity contribution in [3.63, 3.8) is 0 Å². The number of aryl methyl sites for hydroxylation is 1. The van der Waals surface area contributed by atoms with Gasteiger partial charge in [0.1, 0.15) is 0 Å². The second kappa shape index (κ2) is 8.39. The molecule has 138 valence electrons. The third-order valence-electron chi connectivity index (χ3n) is 4.50. The molecule has 0 aliphatic heterocycles. The fraction of sp³-hybridized carbons (Fsp3) is 0.130. The summed E-state index contributed by atoms with van der Waals surface area (Å²) in [4.78, 5) is 16.3. The van der Waals surface area contributed by atoms with Crippen molar-refractivity contribution in [3.8, 4) is 22.6 Å². The molecule has 2 aromatic carbocycles. The van der Waals surface area contributed by atoms with Gasteiger partial charge in [-0.1, -0.05) is 54.6 Å². The van der Waals surface area contributed by atoms with Gasteiger partial charge in [0.15, 0.2) is 0 Å². The summed E-state index contributed by atoms with van der Waals surface area (Å²) in [6.45, 7) is 0. The molecular weight excluding hydrogens is 350 g/mol. The summed E-state index contributed by atoms with van der Waals surface area (Å²) in [6.07, 6.45) is 5.22. The molecule has 0 N–H and O–H groups in total. The predicted molar refractivity (Wildman–Crippen MR) is 107 cm³/mol. The van der Waals surface area contributed by atoms with Crippen molar-refractivity contribution in [1.82, 2.24) is 15.2 Å². The van der Waals surface area contributed by atoms with Gasteiger partial charge in [-0.3, -0.25) is 9.78 Å². The van der Waals surface area contributed by atoms with E-state index < -0.39 is 0 Å². The summed E-state index contributed by atoms with van der Waals surface area (Å²) in [5.74, 6) is 0.231. The zero-order chi connectivity index (χ0) is 19.2. The lowest BCUT2D eigenvalue weighted by Crippen LogP contribution is -2.00. The molecule has 0 unspecified atom stereocenters. The van der Waals surface area contributed by atoms with Crippen molar-refractivity contribution in [1.29, 1.82) is 0 Å². The highest BCUT2D eigenvalue weighted by molar-refractivity contribution is 5.91. The van der Waals surface area contributed by atoms with Crippen molar-refractivity contribution in [2.24, 2.45) is 0 Å². The first-order chi connectivity index (χ1) is 13.8. The highest BCUT2D eigenvalue weighted by Crippen LogP contribution is 2.20. The van der Waals surface area contributed by atoms with Crippen LogP contribution < -0.4 is 0 Å². The number of aromatic nitrogens is 3. The minimum absolute atomic E-state index is 0.0540. The van der Waals surface area contributed by atoms with Crippen molar-refractivity contribution in [3.05, 3.63) is 90.6 Å². The number of nitrogens with zero attached hydrogens (tertiary/aromatic N) is 3. The van der Waals surface area contributed by atoms with Crippen LogP contribution in [-0.2, 0) is 6.42 Å². The van der Waals surface area contributed by atoms with Crippen LogP contribution in [0.15, 0.2) is 83.5 Å². The van der Waals surface area contributed by atoms with Crippen molar-refractivity contribution in [2.45, 2.75) is 19.3 Å². The number of Topliss-reactive ketones (excluding diaryl/α,β-unsaturated/α-hetero) is 1. The van der Waals surface area contributed by atoms with Crippen LogP contribution in [0.4, 0.5) is 0 Å². The molecule has 4 rings (SSSR count). The van der Waals surface area contributed by atoms with Crippen LogP contribution in [0.1, 0.15) is 29.1 Å². The molecule has 2 heterocycles. The Labute approximate surface area is 163 Å². The Hall–Kier alpha value is -3.60. The standard InChI is InChI=1S/C23H19N3O2/c27-21(23-26-25-22(28-23)20-9-5-15-24-16-20)10-4-6-17-11-13-19(14-12-17)18-7-2-1-3-8-18/h1-3,5,7-9,11-16H,4,6,10H2. The van der Waals surface area contributed by atoms with E-state index in [0.29, 0.717) is 17.9 Å². The third-order valence-corrected chi connectivity index (χ3v) is 4.50. The number of hydrogen-bond donors (Lipinski definition) is 0. The van der Waals surface area contributed by atoms with E-state index in [0.717, 1.165) is 12.8 Å². The van der Waals surface area contributed by atoms with Gasteiger partial charge in [0.05, 0.1) is 5.56 Å². The maximum atomic E-state index is 12.3. The molecular formula is C23H19N3O2. The molecule has 0 fully saturated rings. The van der Waals surface area contributed by atoms with Crippen LogP contribution in [0, 0.1) is 0 Å². The second-order valence-electron chi connectivity index (χ2n) is 6.49. The summed E-state index contributed by atoms with van der Waals surface area (Å²) in [7, 11) is 0. The van der Waals surface area contributed by atoms with Gasteiger partial charge in [-0.05, 0) is 41.7 Å². The quantitative estimate of drug-likeness (QED) is 0.429. The number of hydrogen-bond acceptors (Lipinski definition) is 5. The highest BCUT2D eigenvalue weighted by Gasteiger charge is 2.15. The topological polar surface area (TPSA) is 68.9 Å². The number of benzene rings is 2. The SMILES string of the molecule is O=C(CCCc1ccc(-c2ccccc2)cc1)c1nnc(-c2cccnc2)o1. The molecule has 0 amide bonds. The van der Waals surface area contributed by atoms with Crippen LogP contribution in [0.2, 0.25) is 0 Å². The van der Waals surface area contributed by atoms with Gasteiger partial charge in [0.25, 0.3) is 5.89 Å². The Bertz CT molecular complexity index is 1040. The molecule has 0 atom stereocenters. The Morgan fingerprint density at radius 1 is 0.821 bits per heavy atom. The fourth-order valence-electron chi connectivity index (χ4n) is 3.00. The molecule has 0 bridgehead atoms. The molecule has 0 aliphatic carbocycles. The van der Waals surface area contributed by atoms with Crippen molar-refractivity contribution >= 4 is 5.78 Å². The monoisotopic (exact) mass is 369 g/mol. The van der Waals surface area contributed by atoms with E-state index in [1.165, 1.54) is 16.7 Å². The largest absolute Gasteiger partial charge is 0.414 e. The lowest BCUT2D eigenvalue weighted by atomic mass is 10.0. The van der Waals surface area contributed by atoms with Gasteiger partial charge in [-0.15, -0.1) is 10.2 Å². The van der Waals surface area contributed by atoms with Crippen molar-refractivity contribution in [2.75, 3.05) is 0 Å². The lowest BCUT2D eigenvalue weighted by Gasteiger charge is -2.04. The summed E-state index contributed by atoms with van der Waals surface area (Å²) >= 11 is 0. The Morgan fingerprint density at radius 2 is 1.57 bits per heavy atom. The van der Waals surface area contributed by atoms with E-state index in [2.05, 4.69) is 51.6 Å². The predicted octanol–water partition coefficient (Wildman–Crippen LogP) is 5.00. The average molecular weight is 369 g/mol. The third kappa shape index (κ3) is 4.20. The Kier molecular flexibility index (Phi) is 5.33. The molecule has 0 saturated heterocycles. The maximum Gasteiger partial charge on any atom is 0.284 e. The van der Waals surface area contributed by atoms with Crippen LogP contribution in [0.5, 0.6) is 0 Å². The first-order valence-corrected chi connectivity index (χ1v) is 9.21. The Morgan fingerprint density at radius 3 is 2.32 bits per heavy atom. The van der Waals surface area contributed by atoms with Gasteiger partial charge in [0, 0.05) is 18.8 Å². The van der Waals surface area contributed by atoms with Crippen LogP contribution in [0.25, 0.3) is 22.6 Å². The van der Waals surface area contributed by atoms with Crippen LogP contribution >= 0.6 is 0 Å². The molecule has 28 heavy (non-hydrogen) atoms. The summed E-state index contributed by atoms with van der Waals surface area (Å²) < 4.78 is 5.49. The number of pyridine rings is 1. The molecule has 2 aromatic heterocycles. The van der Waals surface area contributed by atoms with Gasteiger partial charge >= 0.3 is 0 Å². The number of carbonyl (C=O) groups excluding carboxylic acids is 1. The van der Waals surface area contributed by atoms with E-state index in [1.807, 2.05) is 24.3 Å². The normalized spacial score (nSPS) is 10.7. The second-order valence-corrected chi connectivity index (χ2v) is 6.49. The first kappa shape index (κ1) is 17.8. The van der Waals surface area contributed by atoms with Crippen LogP contribution in [0.3, 0.4) is 0 Å². The van der Waals surface area contributed by atoms with E-state index in [4.69, 9.17) is 4.42 Å². The lowest BCUT2D eigenvalue weighted by molar-refractivity contribution is 0.0947. The summed E-state index contributed by atoms with van der Waals surface area (Å²) in [5, 5.41) is 7.80. The van der Waals surface area contributed by atoms with E-state index in [9.17, 15) is 4.79 Å². The minimum atomic E-state index is -0.136. The first-order valence-electron chi connectivity index (χ1n) is 9.21. The average Bonchev–Trinajstić information content (AvgIpc) is 3.26. The minimum Gasteiger partial charge on any atom is -0.414 e. The van der Waals surface area contributed by atoms with Gasteiger partial charge in [-0.25, -0.2) is 0 Å². The molecule has 0 spiro atoms. The zero-order valence-corrected chi connectivity index (χ0v) is 15.3. The Balaban J connectivity index is 1.31. The van der Waals surface area contributed by atoms with E-state index in [-0.39, 0.29) is 11.7 Å². The molecule has 0 aliphatic rings. The van der Waals surface area contributed by atoms with Crippen LogP contribution in [-0.4, -0.2) is 21.0 Å². The molecule has 4 aromatic rings. The van der Waals surface area contributed by atoms with Gasteiger partial charge in [-0.2, -0.15) is 0 Å². The molecule has 5 nitrogen and oxygen atoms in total. The summed E-state index contributed by atoms with van der Waals surface area (Å²) in [5.41, 5.74) is 4.29. The van der Waals surface area contributed by atoms with E-state index in [1.54, 1.807) is 18.5 Å². The molecule has 0 radical (unpaired) electrons. The van der Waals surface area contributed by atoms with E-state index >= 15 is 0 Å². The molecule has 5 heteroatoms. The smallest absolute Gasteiger partial charge is 0.284 e. The summed E-state index contributed by atoms with van der Waals surface area (Å²) in [6, 6.07) is 22.3. The fourth-order valence-corrected chi connectivity index (χ4v) is 3.00. The highest BCUT2D eigenvalue weighted by atomic mass is 16.4. The zero-order valence-electron chi connectivity index (χ0n) is 15.3. The number of rotatable bonds is 7. The number of carbonyl (C=O) groups is 1. The molecule has 0 saturated carbocycles. The maximum absolute atomic E-state index is 12.3. The van der Waals surface area contributed by atoms with Gasteiger partial charge in [0.2, 0.25) is 11.7 Å². The number of ketones is 1. The van der Waals surface area contributed by atoms with Crippen molar-refractivity contribution < 1.29 is 9.21 Å².